The molecular weight excluding hydrogens is 178 g/mol. The summed E-state index contributed by atoms with van der Waals surface area (Å²) in [5.74, 6) is 0.930. The average molecular weight is 193 g/mol. The molecule has 4 N–H and O–H groups in total. The number of hydrogen-bond donors (Lipinski definition) is 2. The van der Waals surface area contributed by atoms with Gasteiger partial charge in [-0.05, 0) is 24.6 Å². The lowest BCUT2D eigenvalue weighted by Crippen LogP contribution is -2.23. The topological polar surface area (TPSA) is 73.6 Å². The fourth-order valence-electron chi connectivity index (χ4n) is 1.18. The highest BCUT2D eigenvalue weighted by Gasteiger charge is 2.03. The fourth-order valence-corrected chi connectivity index (χ4v) is 1.18. The summed E-state index contributed by atoms with van der Waals surface area (Å²) in [6.07, 6.45) is 0. The van der Waals surface area contributed by atoms with E-state index in [9.17, 15) is 0 Å². The highest BCUT2D eigenvalue weighted by Crippen LogP contribution is 2.19. The van der Waals surface area contributed by atoms with Crippen molar-refractivity contribution in [1.82, 2.24) is 0 Å². The number of ether oxygens (including phenoxy) is 1. The van der Waals surface area contributed by atoms with E-state index >= 15 is 0 Å². The minimum Gasteiger partial charge on any atom is -0.497 e. The van der Waals surface area contributed by atoms with Gasteiger partial charge in [0.25, 0.3) is 0 Å². The van der Waals surface area contributed by atoms with Crippen LogP contribution in [0.25, 0.3) is 0 Å². The number of nitrogens with zero attached hydrogens (tertiary/aromatic N) is 1. The van der Waals surface area contributed by atoms with Crippen LogP contribution in [0.4, 0.5) is 0 Å². The maximum atomic E-state index is 5.29. The van der Waals surface area contributed by atoms with Crippen LogP contribution in [-0.4, -0.2) is 13.1 Å². The molecule has 0 saturated heterocycles. The molecular formula is C10H15N3O. The van der Waals surface area contributed by atoms with Crippen LogP contribution in [-0.2, 0) is 0 Å². The molecule has 0 fully saturated rings. The lowest BCUT2D eigenvalue weighted by atomic mass is 10.1. The van der Waals surface area contributed by atoms with E-state index < -0.39 is 0 Å². The minimum absolute atomic E-state index is 0.0223. The summed E-state index contributed by atoms with van der Waals surface area (Å²) < 4.78 is 5.04. The van der Waals surface area contributed by atoms with Gasteiger partial charge in [0.1, 0.15) is 5.75 Å². The van der Waals surface area contributed by atoms with Crippen LogP contribution in [0.5, 0.6) is 5.75 Å². The summed E-state index contributed by atoms with van der Waals surface area (Å²) in [6, 6.07) is 7.62. The summed E-state index contributed by atoms with van der Waals surface area (Å²) >= 11 is 0. The van der Waals surface area contributed by atoms with Crippen molar-refractivity contribution in [1.29, 1.82) is 0 Å². The molecule has 0 amide bonds. The first kappa shape index (κ1) is 10.4. The van der Waals surface area contributed by atoms with Gasteiger partial charge in [0.15, 0.2) is 5.96 Å². The van der Waals surface area contributed by atoms with Gasteiger partial charge in [-0.25, -0.2) is 4.99 Å². The Morgan fingerprint density at radius 3 is 2.29 bits per heavy atom. The van der Waals surface area contributed by atoms with Crippen LogP contribution in [0, 0.1) is 0 Å². The highest BCUT2D eigenvalue weighted by atomic mass is 16.5. The molecule has 76 valence electrons. The SMILES string of the molecule is COc1ccc([C@@H](C)N=C(N)N)cc1. The van der Waals surface area contributed by atoms with E-state index in [1.54, 1.807) is 7.11 Å². The van der Waals surface area contributed by atoms with Crippen LogP contribution in [0.1, 0.15) is 18.5 Å². The van der Waals surface area contributed by atoms with E-state index in [0.29, 0.717) is 0 Å². The van der Waals surface area contributed by atoms with Crippen molar-refractivity contribution in [2.45, 2.75) is 13.0 Å². The normalized spacial score (nSPS) is 11.9. The molecule has 0 heterocycles. The zero-order valence-electron chi connectivity index (χ0n) is 8.40. The van der Waals surface area contributed by atoms with Crippen molar-refractivity contribution in [3.05, 3.63) is 29.8 Å². The molecule has 0 aliphatic heterocycles. The highest BCUT2D eigenvalue weighted by molar-refractivity contribution is 5.75. The van der Waals surface area contributed by atoms with Gasteiger partial charge in [0.2, 0.25) is 0 Å². The number of methoxy groups -OCH3 is 1. The van der Waals surface area contributed by atoms with E-state index in [4.69, 9.17) is 16.2 Å². The number of nitrogens with two attached hydrogens (primary N) is 2. The first-order valence-corrected chi connectivity index (χ1v) is 4.36. The number of rotatable bonds is 3. The van der Waals surface area contributed by atoms with Gasteiger partial charge in [-0.3, -0.25) is 0 Å². The zero-order chi connectivity index (χ0) is 10.6. The molecule has 14 heavy (non-hydrogen) atoms. The predicted octanol–water partition coefficient (Wildman–Crippen LogP) is 1.03. The third-order valence-corrected chi connectivity index (χ3v) is 1.94. The van der Waals surface area contributed by atoms with E-state index in [0.717, 1.165) is 11.3 Å². The summed E-state index contributed by atoms with van der Waals surface area (Å²) in [4.78, 5) is 4.03. The van der Waals surface area contributed by atoms with E-state index in [2.05, 4.69) is 4.99 Å². The van der Waals surface area contributed by atoms with Crippen LogP contribution in [0.15, 0.2) is 29.3 Å². The smallest absolute Gasteiger partial charge is 0.186 e. The van der Waals surface area contributed by atoms with Gasteiger partial charge in [0.05, 0.1) is 13.2 Å². The Kier molecular flexibility index (Phi) is 3.34. The molecule has 0 unspecified atom stereocenters. The molecule has 0 aliphatic rings. The third kappa shape index (κ3) is 2.65. The van der Waals surface area contributed by atoms with Crippen molar-refractivity contribution in [3.63, 3.8) is 0 Å². The van der Waals surface area contributed by atoms with Gasteiger partial charge in [-0.15, -0.1) is 0 Å². The van der Waals surface area contributed by atoms with Crippen molar-refractivity contribution < 1.29 is 4.74 Å². The minimum atomic E-state index is -0.0223. The Morgan fingerprint density at radius 2 is 1.86 bits per heavy atom. The molecule has 1 atom stereocenters. The molecule has 4 nitrogen and oxygen atoms in total. The summed E-state index contributed by atoms with van der Waals surface area (Å²) in [7, 11) is 1.63. The average Bonchev–Trinajstić information content (AvgIpc) is 2.17. The molecule has 0 bridgehead atoms. The molecule has 0 spiro atoms. The summed E-state index contributed by atoms with van der Waals surface area (Å²) in [5, 5.41) is 0. The monoisotopic (exact) mass is 193 g/mol. The van der Waals surface area contributed by atoms with E-state index in [-0.39, 0.29) is 12.0 Å². The third-order valence-electron chi connectivity index (χ3n) is 1.94. The van der Waals surface area contributed by atoms with Gasteiger partial charge in [0, 0.05) is 0 Å². The number of benzene rings is 1. The van der Waals surface area contributed by atoms with Crippen LogP contribution < -0.4 is 16.2 Å². The molecule has 0 radical (unpaired) electrons. The second-order valence-corrected chi connectivity index (χ2v) is 3.00. The van der Waals surface area contributed by atoms with Crippen molar-refractivity contribution in [2.24, 2.45) is 16.5 Å². The largest absolute Gasteiger partial charge is 0.497 e. The fraction of sp³-hybridized carbons (Fsp3) is 0.300. The van der Waals surface area contributed by atoms with Crippen LogP contribution in [0.3, 0.4) is 0 Å². The maximum Gasteiger partial charge on any atom is 0.186 e. The quantitative estimate of drug-likeness (QED) is 0.556. The van der Waals surface area contributed by atoms with Gasteiger partial charge >= 0.3 is 0 Å². The molecule has 4 heteroatoms. The molecule has 0 aromatic heterocycles. The number of hydrogen-bond acceptors (Lipinski definition) is 2. The Labute approximate surface area is 83.6 Å². The first-order chi connectivity index (χ1) is 6.63. The predicted molar refractivity (Wildman–Crippen MR) is 57.2 cm³/mol. The Bertz CT molecular complexity index is 315. The van der Waals surface area contributed by atoms with Crippen molar-refractivity contribution in [2.75, 3.05) is 7.11 Å². The Hall–Kier alpha value is -1.71. The molecule has 1 aromatic carbocycles. The maximum absolute atomic E-state index is 5.29. The lowest BCUT2D eigenvalue weighted by Gasteiger charge is -2.07. The van der Waals surface area contributed by atoms with Crippen LogP contribution in [0.2, 0.25) is 0 Å². The number of guanidine groups is 1. The van der Waals surface area contributed by atoms with E-state index in [1.165, 1.54) is 0 Å². The standard InChI is InChI=1S/C10H15N3O/c1-7(13-10(11)12)8-3-5-9(14-2)6-4-8/h3-7H,1-2H3,(H4,11,12,13)/t7-/m1/s1. The first-order valence-electron chi connectivity index (χ1n) is 4.36. The Morgan fingerprint density at radius 1 is 1.29 bits per heavy atom. The summed E-state index contributed by atoms with van der Waals surface area (Å²) in [6.45, 7) is 1.93. The molecule has 0 aliphatic carbocycles. The second-order valence-electron chi connectivity index (χ2n) is 3.00. The van der Waals surface area contributed by atoms with E-state index in [1.807, 2.05) is 31.2 Å². The van der Waals surface area contributed by atoms with Crippen LogP contribution >= 0.6 is 0 Å². The molecule has 1 aromatic rings. The molecule has 1 rings (SSSR count). The lowest BCUT2D eigenvalue weighted by molar-refractivity contribution is 0.414. The zero-order valence-corrected chi connectivity index (χ0v) is 8.40. The Balaban J connectivity index is 2.81. The van der Waals surface area contributed by atoms with Gasteiger partial charge in [-0.2, -0.15) is 0 Å². The van der Waals surface area contributed by atoms with Gasteiger partial charge in [-0.1, -0.05) is 12.1 Å². The van der Waals surface area contributed by atoms with Crippen molar-refractivity contribution in [3.8, 4) is 5.75 Å². The summed E-state index contributed by atoms with van der Waals surface area (Å²) in [5.41, 5.74) is 11.6. The number of aliphatic imine (C=N–C) groups is 1. The molecule has 0 saturated carbocycles. The van der Waals surface area contributed by atoms with Gasteiger partial charge < -0.3 is 16.2 Å². The second kappa shape index (κ2) is 4.50. The van der Waals surface area contributed by atoms with Crippen molar-refractivity contribution >= 4 is 5.96 Å².